The summed E-state index contributed by atoms with van der Waals surface area (Å²) in [7, 11) is 5.47. The van der Waals surface area contributed by atoms with Crippen molar-refractivity contribution in [3.05, 3.63) is 47.5 Å². The van der Waals surface area contributed by atoms with Gasteiger partial charge in [-0.05, 0) is 30.7 Å². The first-order valence-electron chi connectivity index (χ1n) is 9.64. The van der Waals surface area contributed by atoms with Gasteiger partial charge in [-0.2, -0.15) is 5.06 Å². The van der Waals surface area contributed by atoms with Crippen LogP contribution in [0.3, 0.4) is 0 Å². The number of hydrogen-bond donors (Lipinski definition) is 2. The highest BCUT2D eigenvalue weighted by molar-refractivity contribution is 5.96. The number of hydroxylamine groups is 2. The number of nitrogens with two attached hydrogens (primary N) is 1. The number of nitrogens with zero attached hydrogens (tertiary/aromatic N) is 2. The van der Waals surface area contributed by atoms with Crippen LogP contribution in [-0.4, -0.2) is 56.5 Å². The van der Waals surface area contributed by atoms with Crippen LogP contribution >= 0.6 is 0 Å². The maximum atomic E-state index is 11.8. The van der Waals surface area contributed by atoms with Crippen molar-refractivity contribution in [2.75, 3.05) is 39.3 Å². The van der Waals surface area contributed by atoms with Gasteiger partial charge in [0, 0.05) is 48.9 Å². The molecule has 7 nitrogen and oxygen atoms in total. The molecular formula is C22H29N3O4. The van der Waals surface area contributed by atoms with E-state index in [1.807, 2.05) is 48.3 Å². The molecule has 0 unspecified atom stereocenters. The third kappa shape index (κ3) is 4.70. The number of aliphatic hydroxyl groups is 1. The van der Waals surface area contributed by atoms with Crippen LogP contribution in [0.1, 0.15) is 22.8 Å². The molecule has 1 fully saturated rings. The first kappa shape index (κ1) is 21.1. The van der Waals surface area contributed by atoms with E-state index in [2.05, 4.69) is 0 Å². The lowest BCUT2D eigenvalue weighted by Gasteiger charge is -2.20. The molecule has 29 heavy (non-hydrogen) atoms. The predicted molar refractivity (Wildman–Crippen MR) is 113 cm³/mol. The fraction of sp³-hybridized carbons (Fsp3) is 0.409. The molecule has 0 aliphatic carbocycles. The van der Waals surface area contributed by atoms with E-state index < -0.39 is 12.0 Å². The molecule has 0 bridgehead atoms. The molecule has 1 aliphatic heterocycles. The van der Waals surface area contributed by atoms with Gasteiger partial charge in [-0.25, -0.2) is 0 Å². The van der Waals surface area contributed by atoms with Gasteiger partial charge in [-0.3, -0.25) is 9.63 Å². The molecule has 3 rings (SSSR count). The lowest BCUT2D eigenvalue weighted by atomic mass is 9.98. The molecule has 2 aromatic rings. The number of aliphatic hydroxyl groups excluding tert-OH is 1. The van der Waals surface area contributed by atoms with Crippen molar-refractivity contribution in [2.45, 2.75) is 19.6 Å². The molecule has 1 amide bonds. The summed E-state index contributed by atoms with van der Waals surface area (Å²) in [5.74, 6) is 0.349. The first-order valence-corrected chi connectivity index (χ1v) is 9.64. The number of ether oxygens (including phenoxy) is 1. The second-order valence-electron chi connectivity index (χ2n) is 7.64. The van der Waals surface area contributed by atoms with Crippen molar-refractivity contribution in [1.29, 1.82) is 0 Å². The molecule has 2 aromatic carbocycles. The zero-order valence-corrected chi connectivity index (χ0v) is 17.4. The Balaban J connectivity index is 1.97. The quantitative estimate of drug-likeness (QED) is 0.743. The van der Waals surface area contributed by atoms with Crippen LogP contribution < -0.4 is 15.4 Å². The smallest absolute Gasteiger partial charge is 0.248 e. The lowest BCUT2D eigenvalue weighted by molar-refractivity contribution is -0.118. The van der Waals surface area contributed by atoms with Crippen LogP contribution in [-0.2, 0) is 11.4 Å². The number of carbonyl (C=O) groups is 1. The second kappa shape index (κ2) is 8.82. The zero-order chi connectivity index (χ0) is 21.1. The molecule has 1 heterocycles. The molecule has 3 N–H and O–H groups in total. The van der Waals surface area contributed by atoms with Crippen LogP contribution in [0.5, 0.6) is 5.75 Å². The van der Waals surface area contributed by atoms with Crippen LogP contribution in [0, 0.1) is 5.92 Å². The Morgan fingerprint density at radius 1 is 1.38 bits per heavy atom. The fourth-order valence-electron chi connectivity index (χ4n) is 3.50. The molecule has 1 aliphatic rings. The van der Waals surface area contributed by atoms with Gasteiger partial charge < -0.3 is 20.5 Å². The number of primary amides is 1. The number of methoxy groups -OCH3 is 1. The van der Waals surface area contributed by atoms with E-state index in [1.54, 1.807) is 26.2 Å². The molecule has 7 heteroatoms. The van der Waals surface area contributed by atoms with E-state index >= 15 is 0 Å². The number of carbonyl (C=O) groups excluding carboxylic acids is 1. The normalized spacial score (nSPS) is 17.9. The van der Waals surface area contributed by atoms with Crippen molar-refractivity contribution in [2.24, 2.45) is 11.7 Å². The van der Waals surface area contributed by atoms with E-state index in [0.29, 0.717) is 25.3 Å². The Labute approximate surface area is 171 Å². The molecule has 156 valence electrons. The van der Waals surface area contributed by atoms with Gasteiger partial charge in [0.2, 0.25) is 5.91 Å². The number of anilines is 1. The SMILES string of the molecule is COc1c(CN2C[C@H]([C@H](C)O)CO2)cccc1-c1cc(C(N)=O)cc(N(C)C)c1. The lowest BCUT2D eigenvalue weighted by Crippen LogP contribution is -2.24. The molecular weight excluding hydrogens is 370 g/mol. The van der Waals surface area contributed by atoms with E-state index in [4.69, 9.17) is 15.3 Å². The van der Waals surface area contributed by atoms with Crippen LogP contribution in [0.4, 0.5) is 5.69 Å². The van der Waals surface area contributed by atoms with Crippen molar-refractivity contribution < 1.29 is 19.5 Å². The van der Waals surface area contributed by atoms with Gasteiger partial charge in [0.25, 0.3) is 0 Å². The summed E-state index contributed by atoms with van der Waals surface area (Å²) in [4.78, 5) is 19.5. The van der Waals surface area contributed by atoms with Gasteiger partial charge in [0.15, 0.2) is 0 Å². The minimum atomic E-state index is -0.472. The summed E-state index contributed by atoms with van der Waals surface area (Å²) in [6, 6.07) is 11.5. The van der Waals surface area contributed by atoms with Crippen LogP contribution in [0.25, 0.3) is 11.1 Å². The zero-order valence-electron chi connectivity index (χ0n) is 17.4. The van der Waals surface area contributed by atoms with Crippen LogP contribution in [0.2, 0.25) is 0 Å². The highest BCUT2D eigenvalue weighted by atomic mass is 16.7. The molecule has 2 atom stereocenters. The topological polar surface area (TPSA) is 88.3 Å². The van der Waals surface area contributed by atoms with E-state index in [1.165, 1.54) is 0 Å². The summed E-state index contributed by atoms with van der Waals surface area (Å²) in [6.45, 7) is 3.49. The molecule has 0 spiro atoms. The largest absolute Gasteiger partial charge is 0.496 e. The van der Waals surface area contributed by atoms with E-state index in [9.17, 15) is 9.90 Å². The van der Waals surface area contributed by atoms with E-state index in [0.717, 1.165) is 28.1 Å². The average molecular weight is 399 g/mol. The number of amides is 1. The maximum absolute atomic E-state index is 11.8. The summed E-state index contributed by atoms with van der Waals surface area (Å²) >= 11 is 0. The van der Waals surface area contributed by atoms with E-state index in [-0.39, 0.29) is 5.92 Å². The predicted octanol–water partition coefficient (Wildman–Crippen LogP) is 2.27. The maximum Gasteiger partial charge on any atom is 0.248 e. The standard InChI is InChI=1S/C22H29N3O4/c1-14(26)18-12-25(29-13-18)11-15-6-5-7-20(21(15)28-4)16-8-17(22(23)27)10-19(9-16)24(2)3/h5-10,14,18,26H,11-13H2,1-4H3,(H2,23,27)/t14-,18-/m0/s1. The summed E-state index contributed by atoms with van der Waals surface area (Å²) in [6.07, 6.45) is -0.408. The first-order chi connectivity index (χ1) is 13.8. The number of rotatable bonds is 7. The van der Waals surface area contributed by atoms with Crippen molar-refractivity contribution >= 4 is 11.6 Å². The Hall–Kier alpha value is -2.61. The molecule has 1 saturated heterocycles. The molecule has 0 aromatic heterocycles. The van der Waals surface area contributed by atoms with Crippen molar-refractivity contribution in [1.82, 2.24) is 5.06 Å². The Bertz CT molecular complexity index is 882. The minimum absolute atomic E-state index is 0.0964. The number of hydrogen-bond acceptors (Lipinski definition) is 6. The third-order valence-corrected chi connectivity index (χ3v) is 5.27. The van der Waals surface area contributed by atoms with Gasteiger partial charge >= 0.3 is 0 Å². The van der Waals surface area contributed by atoms with Crippen molar-refractivity contribution in [3.8, 4) is 16.9 Å². The summed E-state index contributed by atoms with van der Waals surface area (Å²) in [5.41, 5.74) is 9.57. The third-order valence-electron chi connectivity index (χ3n) is 5.27. The number of benzene rings is 2. The van der Waals surface area contributed by atoms with Gasteiger partial charge in [-0.15, -0.1) is 0 Å². The Kier molecular flexibility index (Phi) is 6.42. The fourth-order valence-corrected chi connectivity index (χ4v) is 3.50. The van der Waals surface area contributed by atoms with Crippen LogP contribution in [0.15, 0.2) is 36.4 Å². The molecule has 0 radical (unpaired) electrons. The Morgan fingerprint density at radius 2 is 2.14 bits per heavy atom. The highest BCUT2D eigenvalue weighted by Gasteiger charge is 2.28. The van der Waals surface area contributed by atoms with Crippen molar-refractivity contribution in [3.63, 3.8) is 0 Å². The highest BCUT2D eigenvalue weighted by Crippen LogP contribution is 2.36. The number of para-hydroxylation sites is 1. The van der Waals surface area contributed by atoms with Gasteiger partial charge in [0.05, 0.1) is 26.4 Å². The Morgan fingerprint density at radius 3 is 2.72 bits per heavy atom. The molecule has 0 saturated carbocycles. The summed E-state index contributed by atoms with van der Waals surface area (Å²) in [5, 5.41) is 11.6. The average Bonchev–Trinajstić information content (AvgIpc) is 3.16. The monoisotopic (exact) mass is 399 g/mol. The second-order valence-corrected chi connectivity index (χ2v) is 7.64. The van der Waals surface area contributed by atoms with Gasteiger partial charge in [-0.1, -0.05) is 18.2 Å². The minimum Gasteiger partial charge on any atom is -0.496 e. The van der Waals surface area contributed by atoms with Gasteiger partial charge in [0.1, 0.15) is 5.75 Å². The summed E-state index contributed by atoms with van der Waals surface area (Å²) < 4.78 is 5.75.